The number of nitrogens with zero attached hydrogens (tertiary/aromatic N) is 4. The number of nitriles is 1. The summed E-state index contributed by atoms with van der Waals surface area (Å²) in [5.41, 5.74) is 4.18. The molecule has 0 unspecified atom stereocenters. The lowest BCUT2D eigenvalue weighted by Crippen LogP contribution is -2.47. The molecule has 1 N–H and O–H groups in total. The van der Waals surface area contributed by atoms with Crippen LogP contribution in [0.1, 0.15) is 5.56 Å². The van der Waals surface area contributed by atoms with Crippen LogP contribution in [0.2, 0.25) is 0 Å². The zero-order valence-electron chi connectivity index (χ0n) is 17.7. The Morgan fingerprint density at radius 2 is 1.74 bits per heavy atom. The van der Waals surface area contributed by atoms with Crippen molar-refractivity contribution in [2.45, 2.75) is 0 Å². The molecule has 2 aliphatic heterocycles. The normalized spacial score (nSPS) is 17.8. The van der Waals surface area contributed by atoms with Crippen molar-refractivity contribution >= 4 is 34.7 Å². The maximum absolute atomic E-state index is 13.2. The zero-order valence-corrected chi connectivity index (χ0v) is 18.5. The van der Waals surface area contributed by atoms with E-state index in [4.69, 9.17) is 0 Å². The predicted molar refractivity (Wildman–Crippen MR) is 127 cm³/mol. The summed E-state index contributed by atoms with van der Waals surface area (Å²) in [5.74, 6) is -0.205. The first-order chi connectivity index (χ1) is 15.1. The third-order valence-corrected chi connectivity index (χ3v) is 6.31. The maximum Gasteiger partial charge on any atom is 0.267 e. The van der Waals surface area contributed by atoms with Crippen molar-refractivity contribution in [2.75, 3.05) is 50.1 Å². The highest BCUT2D eigenvalue weighted by Crippen LogP contribution is 2.44. The minimum atomic E-state index is -0.205. The molecule has 6 nitrogen and oxygen atoms in total. The van der Waals surface area contributed by atoms with Gasteiger partial charge in [0, 0.05) is 57.1 Å². The molecule has 7 heteroatoms. The molecule has 158 valence electrons. The van der Waals surface area contributed by atoms with E-state index in [0.29, 0.717) is 18.1 Å². The number of hydrogen-bond acceptors (Lipinski definition) is 6. The van der Waals surface area contributed by atoms with Gasteiger partial charge in [-0.2, -0.15) is 5.26 Å². The van der Waals surface area contributed by atoms with Crippen molar-refractivity contribution in [3.63, 3.8) is 0 Å². The summed E-state index contributed by atoms with van der Waals surface area (Å²) >= 11 is 1.43. The van der Waals surface area contributed by atoms with Crippen LogP contribution in [0, 0.1) is 11.3 Å². The minimum Gasteiger partial charge on any atom is -0.378 e. The monoisotopic (exact) mass is 431 g/mol. The van der Waals surface area contributed by atoms with Crippen LogP contribution in [-0.4, -0.2) is 51.1 Å². The van der Waals surface area contributed by atoms with Gasteiger partial charge in [-0.1, -0.05) is 42.1 Å². The van der Waals surface area contributed by atoms with Gasteiger partial charge in [-0.3, -0.25) is 4.79 Å². The van der Waals surface area contributed by atoms with Crippen molar-refractivity contribution < 1.29 is 4.79 Å². The Labute approximate surface area is 187 Å². The summed E-state index contributed by atoms with van der Waals surface area (Å²) in [4.78, 5) is 19.1. The fraction of sp³-hybridized carbons (Fsp3) is 0.250. The van der Waals surface area contributed by atoms with E-state index in [0.717, 1.165) is 35.7 Å². The Bertz CT molecular complexity index is 1050. The number of benzene rings is 2. The number of thioether (sulfide) groups is 1. The van der Waals surface area contributed by atoms with Crippen molar-refractivity contribution in [2.24, 2.45) is 0 Å². The molecule has 0 radical (unpaired) electrons. The number of nitrogens with one attached hydrogen (secondary N) is 1. The van der Waals surface area contributed by atoms with Crippen molar-refractivity contribution in [1.29, 1.82) is 5.26 Å². The van der Waals surface area contributed by atoms with Crippen LogP contribution in [0.4, 0.5) is 11.4 Å². The molecular formula is C24H25N5OS. The lowest BCUT2D eigenvalue weighted by molar-refractivity contribution is -0.127. The quantitative estimate of drug-likeness (QED) is 0.591. The molecule has 0 atom stereocenters. The van der Waals surface area contributed by atoms with Gasteiger partial charge in [0.1, 0.15) is 16.7 Å². The van der Waals surface area contributed by atoms with Crippen LogP contribution >= 0.6 is 11.8 Å². The van der Waals surface area contributed by atoms with Gasteiger partial charge in [-0.25, -0.2) is 0 Å². The van der Waals surface area contributed by atoms with Gasteiger partial charge in [0.2, 0.25) is 0 Å². The van der Waals surface area contributed by atoms with Gasteiger partial charge >= 0.3 is 0 Å². The number of hydrogen-bond donors (Lipinski definition) is 1. The Hall–Kier alpha value is -3.21. The van der Waals surface area contributed by atoms with E-state index in [-0.39, 0.29) is 11.5 Å². The number of carbonyl (C=O) groups is 1. The minimum absolute atomic E-state index is 0.186. The molecular weight excluding hydrogens is 406 g/mol. The molecule has 2 aliphatic rings. The second kappa shape index (κ2) is 9.29. The number of anilines is 2. The average molecular weight is 432 g/mol. The first kappa shape index (κ1) is 21.0. The lowest BCUT2D eigenvalue weighted by atomic mass is 10.1. The first-order valence-electron chi connectivity index (χ1n) is 10.2. The molecule has 2 heterocycles. The fourth-order valence-corrected chi connectivity index (χ4v) is 4.70. The van der Waals surface area contributed by atoms with Crippen molar-refractivity contribution in [3.8, 4) is 6.07 Å². The largest absolute Gasteiger partial charge is 0.378 e. The molecule has 1 amide bonds. The Morgan fingerprint density at radius 3 is 2.35 bits per heavy atom. The predicted octanol–water partition coefficient (Wildman–Crippen LogP) is 3.47. The van der Waals surface area contributed by atoms with E-state index in [2.05, 4.69) is 11.4 Å². The summed E-state index contributed by atoms with van der Waals surface area (Å²) in [6.45, 7) is 2.71. The van der Waals surface area contributed by atoms with Gasteiger partial charge in [-0.05, 0) is 29.8 Å². The van der Waals surface area contributed by atoms with Gasteiger partial charge in [0.25, 0.3) is 5.91 Å². The first-order valence-corrected chi connectivity index (χ1v) is 11.1. The number of piperazine rings is 1. The van der Waals surface area contributed by atoms with Crippen LogP contribution in [0.25, 0.3) is 5.70 Å². The Balaban J connectivity index is 1.78. The lowest BCUT2D eigenvalue weighted by Gasteiger charge is -2.29. The van der Waals surface area contributed by atoms with Gasteiger partial charge < -0.3 is 20.0 Å². The third kappa shape index (κ3) is 4.31. The van der Waals surface area contributed by atoms with Crippen molar-refractivity contribution in [3.05, 3.63) is 76.2 Å². The van der Waals surface area contributed by atoms with Gasteiger partial charge in [-0.15, -0.1) is 0 Å². The van der Waals surface area contributed by atoms with Crippen LogP contribution in [-0.2, 0) is 4.79 Å². The summed E-state index contributed by atoms with van der Waals surface area (Å²) < 4.78 is 0. The molecule has 0 saturated carbocycles. The summed E-state index contributed by atoms with van der Waals surface area (Å²) in [6, 6.07) is 20.4. The smallest absolute Gasteiger partial charge is 0.267 e. The molecule has 4 rings (SSSR count). The number of carbonyl (C=O) groups excluding carboxylic acids is 1. The summed E-state index contributed by atoms with van der Waals surface area (Å²) in [6.07, 6.45) is 0. The topological polar surface area (TPSA) is 62.6 Å². The van der Waals surface area contributed by atoms with E-state index in [9.17, 15) is 10.1 Å². The highest BCUT2D eigenvalue weighted by Gasteiger charge is 2.32. The second-order valence-electron chi connectivity index (χ2n) is 7.57. The van der Waals surface area contributed by atoms with Gasteiger partial charge in [0.05, 0.1) is 5.70 Å². The highest BCUT2D eigenvalue weighted by atomic mass is 32.2. The molecule has 1 fully saturated rings. The molecule has 1 saturated heterocycles. The molecule has 31 heavy (non-hydrogen) atoms. The molecule has 0 bridgehead atoms. The Kier molecular flexibility index (Phi) is 6.31. The fourth-order valence-electron chi connectivity index (χ4n) is 3.67. The van der Waals surface area contributed by atoms with E-state index in [1.807, 2.05) is 83.9 Å². The third-order valence-electron chi connectivity index (χ3n) is 5.36. The van der Waals surface area contributed by atoms with E-state index in [1.165, 1.54) is 11.8 Å². The van der Waals surface area contributed by atoms with Crippen LogP contribution in [0.15, 0.2) is 70.6 Å². The van der Waals surface area contributed by atoms with Crippen LogP contribution < -0.4 is 15.1 Å². The molecule has 0 aromatic heterocycles. The standard InChI is InChI=1S/C24H25N5OS/c1-27(2)19-8-10-20(11-9-19)29-22(18-6-4-3-5-7-18)17-31-24(29)21(16-25)23(30)28-14-12-26-13-15-28/h3-11,17,26H,12-15H2,1-2H3. The zero-order chi connectivity index (χ0) is 21.8. The van der Waals surface area contributed by atoms with Crippen LogP contribution in [0.5, 0.6) is 0 Å². The van der Waals surface area contributed by atoms with E-state index < -0.39 is 0 Å². The SMILES string of the molecule is CN(C)c1ccc(N2C(c3ccccc3)=CSC2=C(C#N)C(=O)N2CCNCC2)cc1. The van der Waals surface area contributed by atoms with Crippen LogP contribution in [0.3, 0.4) is 0 Å². The number of rotatable bonds is 4. The summed E-state index contributed by atoms with van der Waals surface area (Å²) in [7, 11) is 4.00. The number of amides is 1. The molecule has 2 aromatic carbocycles. The van der Waals surface area contributed by atoms with E-state index in [1.54, 1.807) is 4.90 Å². The molecule has 2 aromatic rings. The summed E-state index contributed by atoms with van der Waals surface area (Å²) in [5, 5.41) is 15.9. The van der Waals surface area contributed by atoms with Crippen molar-refractivity contribution in [1.82, 2.24) is 10.2 Å². The van der Waals surface area contributed by atoms with E-state index >= 15 is 0 Å². The average Bonchev–Trinajstić information content (AvgIpc) is 3.25. The Morgan fingerprint density at radius 1 is 1.06 bits per heavy atom. The highest BCUT2D eigenvalue weighted by molar-refractivity contribution is 8.06. The van der Waals surface area contributed by atoms with Gasteiger partial charge in [0.15, 0.2) is 0 Å². The second-order valence-corrected chi connectivity index (χ2v) is 8.43. The molecule has 0 aliphatic carbocycles. The maximum atomic E-state index is 13.2. The molecule has 0 spiro atoms.